The molecule has 0 saturated carbocycles. The predicted molar refractivity (Wildman–Crippen MR) is 67.3 cm³/mol. The Morgan fingerprint density at radius 1 is 1.12 bits per heavy atom. The van der Waals surface area contributed by atoms with Gasteiger partial charge in [0.15, 0.2) is 0 Å². The average molecular weight is 215 g/mol. The fraction of sp³-hybridized carbons (Fsp3) is 0.308. The molecule has 0 unspecified atom stereocenters. The van der Waals surface area contributed by atoms with Gasteiger partial charge >= 0.3 is 0 Å². The van der Waals surface area contributed by atoms with Gasteiger partial charge in [-0.2, -0.15) is 0 Å². The third-order valence-electron chi connectivity index (χ3n) is 3.14. The van der Waals surface area contributed by atoms with Crippen LogP contribution in [0.15, 0.2) is 18.2 Å². The second-order valence-electron chi connectivity index (χ2n) is 4.25. The molecule has 0 amide bonds. The summed E-state index contributed by atoms with van der Waals surface area (Å²) in [4.78, 5) is 4.49. The molecule has 0 fully saturated rings. The molecule has 0 aliphatic carbocycles. The van der Waals surface area contributed by atoms with E-state index in [-0.39, 0.29) is 0 Å². The lowest BCUT2D eigenvalue weighted by Gasteiger charge is -2.04. The lowest BCUT2D eigenvalue weighted by atomic mass is 10.0. The van der Waals surface area contributed by atoms with Crippen LogP contribution in [0.1, 0.15) is 17.0 Å². The molecule has 3 nitrogen and oxygen atoms in total. The number of nitrogens with two attached hydrogens (primary N) is 1. The van der Waals surface area contributed by atoms with E-state index in [0.29, 0.717) is 0 Å². The highest BCUT2D eigenvalue weighted by atomic mass is 15.1. The Bertz CT molecular complexity index is 538. The van der Waals surface area contributed by atoms with E-state index in [9.17, 15) is 0 Å². The molecule has 1 aromatic carbocycles. The van der Waals surface area contributed by atoms with E-state index < -0.39 is 0 Å². The summed E-state index contributed by atoms with van der Waals surface area (Å²) in [5.41, 5.74) is 10.5. The van der Waals surface area contributed by atoms with Gasteiger partial charge in [0.1, 0.15) is 17.3 Å². The standard InChI is InChI=1S/C13H17N3/c1-8-5-6-11(7-9(8)2)12-13(14)16(4)10(3)15-12/h5-7H,14H2,1-4H3. The lowest BCUT2D eigenvalue weighted by Crippen LogP contribution is -1.98. The Hall–Kier alpha value is -1.77. The average Bonchev–Trinajstić information content (AvgIpc) is 2.50. The van der Waals surface area contributed by atoms with Gasteiger partial charge in [0.25, 0.3) is 0 Å². The Balaban J connectivity index is 2.59. The Labute approximate surface area is 95.9 Å². The van der Waals surface area contributed by atoms with Crippen molar-refractivity contribution in [3.63, 3.8) is 0 Å². The van der Waals surface area contributed by atoms with Crippen molar-refractivity contribution in [3.8, 4) is 11.3 Å². The number of nitrogens with zero attached hydrogens (tertiary/aromatic N) is 2. The van der Waals surface area contributed by atoms with Gasteiger partial charge < -0.3 is 10.3 Å². The molecule has 0 aliphatic heterocycles. The van der Waals surface area contributed by atoms with Crippen molar-refractivity contribution < 1.29 is 0 Å². The first kappa shape index (κ1) is 10.7. The molecular weight excluding hydrogens is 198 g/mol. The highest BCUT2D eigenvalue weighted by molar-refractivity contribution is 5.71. The van der Waals surface area contributed by atoms with E-state index in [0.717, 1.165) is 22.9 Å². The molecule has 2 rings (SSSR count). The number of nitrogen functional groups attached to an aromatic ring is 1. The highest BCUT2D eigenvalue weighted by Gasteiger charge is 2.11. The van der Waals surface area contributed by atoms with E-state index in [1.54, 1.807) is 0 Å². The number of benzene rings is 1. The maximum atomic E-state index is 6.02. The SMILES string of the molecule is Cc1ccc(-c2nc(C)n(C)c2N)cc1C. The maximum Gasteiger partial charge on any atom is 0.131 e. The number of imidazole rings is 1. The molecule has 0 atom stereocenters. The summed E-state index contributed by atoms with van der Waals surface area (Å²) in [6, 6.07) is 6.31. The zero-order valence-corrected chi connectivity index (χ0v) is 10.2. The van der Waals surface area contributed by atoms with Crippen molar-refractivity contribution in [1.82, 2.24) is 9.55 Å². The largest absolute Gasteiger partial charge is 0.383 e. The van der Waals surface area contributed by atoms with Crippen LogP contribution in [-0.2, 0) is 7.05 Å². The van der Waals surface area contributed by atoms with Crippen molar-refractivity contribution in [2.75, 3.05) is 5.73 Å². The quantitative estimate of drug-likeness (QED) is 0.794. The van der Waals surface area contributed by atoms with Gasteiger partial charge in [0.2, 0.25) is 0 Å². The molecule has 0 radical (unpaired) electrons. The minimum atomic E-state index is 0.723. The zero-order valence-electron chi connectivity index (χ0n) is 10.2. The fourth-order valence-electron chi connectivity index (χ4n) is 1.73. The normalized spacial score (nSPS) is 10.8. The van der Waals surface area contributed by atoms with Crippen LogP contribution in [0.5, 0.6) is 0 Å². The minimum Gasteiger partial charge on any atom is -0.383 e. The highest BCUT2D eigenvalue weighted by Crippen LogP contribution is 2.26. The first-order valence-corrected chi connectivity index (χ1v) is 5.37. The van der Waals surface area contributed by atoms with Gasteiger partial charge in [-0.15, -0.1) is 0 Å². The van der Waals surface area contributed by atoms with E-state index >= 15 is 0 Å². The summed E-state index contributed by atoms with van der Waals surface area (Å²) >= 11 is 0. The molecular formula is C13H17N3. The molecule has 16 heavy (non-hydrogen) atoms. The molecule has 0 spiro atoms. The van der Waals surface area contributed by atoms with Gasteiger partial charge in [-0.05, 0) is 38.0 Å². The van der Waals surface area contributed by atoms with Gasteiger partial charge in [-0.25, -0.2) is 4.98 Å². The van der Waals surface area contributed by atoms with Crippen molar-refractivity contribution in [3.05, 3.63) is 35.2 Å². The first-order valence-electron chi connectivity index (χ1n) is 5.37. The number of hydrogen-bond acceptors (Lipinski definition) is 2. The number of aryl methyl sites for hydroxylation is 3. The van der Waals surface area contributed by atoms with Crippen LogP contribution in [0.2, 0.25) is 0 Å². The van der Waals surface area contributed by atoms with Crippen LogP contribution in [0, 0.1) is 20.8 Å². The van der Waals surface area contributed by atoms with Crippen molar-refractivity contribution in [2.45, 2.75) is 20.8 Å². The molecule has 84 valence electrons. The molecule has 1 heterocycles. The van der Waals surface area contributed by atoms with Crippen molar-refractivity contribution in [2.24, 2.45) is 7.05 Å². The van der Waals surface area contributed by atoms with Crippen LogP contribution in [0.4, 0.5) is 5.82 Å². The molecule has 1 aromatic heterocycles. The Morgan fingerprint density at radius 3 is 2.31 bits per heavy atom. The summed E-state index contributed by atoms with van der Waals surface area (Å²) in [5.74, 6) is 1.66. The first-order chi connectivity index (χ1) is 7.50. The van der Waals surface area contributed by atoms with Crippen LogP contribution in [-0.4, -0.2) is 9.55 Å². The number of anilines is 1. The molecule has 2 aromatic rings. The zero-order chi connectivity index (χ0) is 11.9. The molecule has 0 saturated heterocycles. The van der Waals surface area contributed by atoms with Crippen LogP contribution < -0.4 is 5.73 Å². The van der Waals surface area contributed by atoms with E-state index in [1.165, 1.54) is 11.1 Å². The minimum absolute atomic E-state index is 0.723. The summed E-state index contributed by atoms with van der Waals surface area (Å²) in [6.45, 7) is 6.16. The smallest absolute Gasteiger partial charge is 0.131 e. The van der Waals surface area contributed by atoms with Crippen molar-refractivity contribution >= 4 is 5.82 Å². The summed E-state index contributed by atoms with van der Waals surface area (Å²) in [7, 11) is 1.93. The fourth-order valence-corrected chi connectivity index (χ4v) is 1.73. The Morgan fingerprint density at radius 2 is 1.81 bits per heavy atom. The molecule has 0 bridgehead atoms. The molecule has 2 N–H and O–H groups in total. The lowest BCUT2D eigenvalue weighted by molar-refractivity contribution is 0.868. The monoisotopic (exact) mass is 215 g/mol. The maximum absolute atomic E-state index is 6.02. The van der Waals surface area contributed by atoms with Gasteiger partial charge in [0, 0.05) is 12.6 Å². The summed E-state index contributed by atoms with van der Waals surface area (Å²) in [5, 5.41) is 0. The van der Waals surface area contributed by atoms with E-state index in [1.807, 2.05) is 18.5 Å². The van der Waals surface area contributed by atoms with Gasteiger partial charge in [-0.1, -0.05) is 12.1 Å². The Kier molecular flexibility index (Phi) is 2.46. The number of aromatic nitrogens is 2. The third kappa shape index (κ3) is 1.58. The number of rotatable bonds is 1. The predicted octanol–water partition coefficient (Wildman–Crippen LogP) is 2.59. The second-order valence-corrected chi connectivity index (χ2v) is 4.25. The third-order valence-corrected chi connectivity index (χ3v) is 3.14. The topological polar surface area (TPSA) is 43.8 Å². The van der Waals surface area contributed by atoms with E-state index in [2.05, 4.69) is 37.0 Å². The second kappa shape index (κ2) is 3.67. The van der Waals surface area contributed by atoms with Crippen molar-refractivity contribution in [1.29, 1.82) is 0 Å². The summed E-state index contributed by atoms with van der Waals surface area (Å²) < 4.78 is 1.91. The van der Waals surface area contributed by atoms with Crippen LogP contribution >= 0.6 is 0 Å². The molecule has 3 heteroatoms. The van der Waals surface area contributed by atoms with E-state index in [4.69, 9.17) is 5.73 Å². The van der Waals surface area contributed by atoms with Crippen LogP contribution in [0.3, 0.4) is 0 Å². The van der Waals surface area contributed by atoms with Gasteiger partial charge in [0.05, 0.1) is 0 Å². The number of hydrogen-bond donors (Lipinski definition) is 1. The van der Waals surface area contributed by atoms with Crippen LogP contribution in [0.25, 0.3) is 11.3 Å². The molecule has 0 aliphatic rings. The van der Waals surface area contributed by atoms with Gasteiger partial charge in [-0.3, -0.25) is 0 Å². The summed E-state index contributed by atoms with van der Waals surface area (Å²) in [6.07, 6.45) is 0.